The summed E-state index contributed by atoms with van der Waals surface area (Å²) in [6, 6.07) is 7.30. The second-order valence-corrected chi connectivity index (χ2v) is 5.30. The molecule has 1 aliphatic heterocycles. The minimum atomic E-state index is -0.0106. The van der Waals surface area contributed by atoms with E-state index in [1.165, 1.54) is 0 Å². The van der Waals surface area contributed by atoms with Gasteiger partial charge in [-0.05, 0) is 37.3 Å². The van der Waals surface area contributed by atoms with Gasteiger partial charge < -0.3 is 19.5 Å². The molecule has 1 heterocycles. The molecule has 0 radical (unpaired) electrons. The van der Waals surface area contributed by atoms with Crippen molar-refractivity contribution in [2.24, 2.45) is 5.92 Å². The monoisotopic (exact) mass is 293 g/mol. The maximum absolute atomic E-state index is 12.2. The fourth-order valence-electron chi connectivity index (χ4n) is 2.68. The maximum Gasteiger partial charge on any atom is 0.260 e. The average molecular weight is 293 g/mol. The Morgan fingerprint density at radius 2 is 2.14 bits per heavy atom. The number of aliphatic hydroxyl groups is 1. The van der Waals surface area contributed by atoms with Crippen LogP contribution in [0.4, 0.5) is 0 Å². The van der Waals surface area contributed by atoms with E-state index in [-0.39, 0.29) is 19.1 Å². The van der Waals surface area contributed by atoms with Gasteiger partial charge in [0.05, 0.1) is 7.11 Å². The van der Waals surface area contributed by atoms with Crippen molar-refractivity contribution in [3.05, 3.63) is 24.3 Å². The number of aliphatic hydroxyl groups excluding tert-OH is 1. The normalized spacial score (nSPS) is 18.4. The topological polar surface area (TPSA) is 59.0 Å². The van der Waals surface area contributed by atoms with Crippen molar-refractivity contribution < 1.29 is 19.4 Å². The smallest absolute Gasteiger partial charge is 0.260 e. The highest BCUT2D eigenvalue weighted by Crippen LogP contribution is 2.26. The third-order valence-electron chi connectivity index (χ3n) is 3.83. The number of piperidine rings is 1. The van der Waals surface area contributed by atoms with Crippen molar-refractivity contribution in [1.29, 1.82) is 0 Å². The number of hydrogen-bond donors (Lipinski definition) is 1. The molecule has 1 aromatic rings. The first-order valence-electron chi connectivity index (χ1n) is 7.39. The summed E-state index contributed by atoms with van der Waals surface area (Å²) in [5.41, 5.74) is 0. The van der Waals surface area contributed by atoms with Crippen LogP contribution >= 0.6 is 0 Å². The highest BCUT2D eigenvalue weighted by Gasteiger charge is 2.23. The molecular formula is C16H23NO4. The van der Waals surface area contributed by atoms with Crippen molar-refractivity contribution in [2.45, 2.75) is 19.3 Å². The highest BCUT2D eigenvalue weighted by atomic mass is 16.5. The van der Waals surface area contributed by atoms with Gasteiger partial charge in [0.2, 0.25) is 0 Å². The molecule has 0 bridgehead atoms. The molecule has 0 spiro atoms. The van der Waals surface area contributed by atoms with Crippen molar-refractivity contribution in [2.75, 3.05) is 33.4 Å². The number of hydrogen-bond acceptors (Lipinski definition) is 4. The van der Waals surface area contributed by atoms with E-state index in [0.29, 0.717) is 24.0 Å². The van der Waals surface area contributed by atoms with Gasteiger partial charge in [0.15, 0.2) is 18.1 Å². The number of ether oxygens (including phenoxy) is 2. The third kappa shape index (κ3) is 4.36. The van der Waals surface area contributed by atoms with Crippen LogP contribution in [-0.2, 0) is 4.79 Å². The lowest BCUT2D eigenvalue weighted by atomic mass is 9.95. The Morgan fingerprint density at radius 3 is 2.86 bits per heavy atom. The molecule has 1 N–H and O–H groups in total. The number of amides is 1. The minimum Gasteiger partial charge on any atom is -0.493 e. The molecule has 116 valence electrons. The van der Waals surface area contributed by atoms with E-state index in [9.17, 15) is 4.79 Å². The molecule has 1 amide bonds. The Labute approximate surface area is 125 Å². The summed E-state index contributed by atoms with van der Waals surface area (Å²) in [6.45, 7) is 1.70. The number of rotatable bonds is 6. The maximum atomic E-state index is 12.2. The Bertz CT molecular complexity index is 461. The van der Waals surface area contributed by atoms with Crippen LogP contribution in [0.1, 0.15) is 19.3 Å². The van der Waals surface area contributed by atoms with Gasteiger partial charge in [-0.1, -0.05) is 12.1 Å². The van der Waals surface area contributed by atoms with E-state index in [4.69, 9.17) is 14.6 Å². The largest absolute Gasteiger partial charge is 0.493 e. The fraction of sp³-hybridized carbons (Fsp3) is 0.562. The van der Waals surface area contributed by atoms with Gasteiger partial charge in [0.1, 0.15) is 0 Å². The summed E-state index contributed by atoms with van der Waals surface area (Å²) in [5.74, 6) is 1.60. The summed E-state index contributed by atoms with van der Waals surface area (Å²) in [5, 5.41) is 9.01. The lowest BCUT2D eigenvalue weighted by Gasteiger charge is -2.32. The molecule has 21 heavy (non-hydrogen) atoms. The van der Waals surface area contributed by atoms with Crippen LogP contribution in [0.5, 0.6) is 11.5 Å². The van der Waals surface area contributed by atoms with E-state index in [1.54, 1.807) is 19.2 Å². The Balaban J connectivity index is 1.86. The predicted octanol–water partition coefficient (Wildman–Crippen LogP) is 1.70. The molecule has 1 unspecified atom stereocenters. The molecule has 0 saturated carbocycles. The number of likely N-dealkylation sites (tertiary alicyclic amines) is 1. The first-order valence-corrected chi connectivity index (χ1v) is 7.39. The molecule has 1 saturated heterocycles. The van der Waals surface area contributed by atoms with Gasteiger partial charge in [0, 0.05) is 19.7 Å². The Morgan fingerprint density at radius 1 is 1.38 bits per heavy atom. The van der Waals surface area contributed by atoms with Gasteiger partial charge in [0.25, 0.3) is 5.91 Å². The first-order chi connectivity index (χ1) is 10.2. The average Bonchev–Trinajstić information content (AvgIpc) is 2.53. The summed E-state index contributed by atoms with van der Waals surface area (Å²) in [6.07, 6.45) is 2.83. The van der Waals surface area contributed by atoms with Crippen LogP contribution in [0, 0.1) is 5.92 Å². The highest BCUT2D eigenvalue weighted by molar-refractivity contribution is 5.78. The molecular weight excluding hydrogens is 270 g/mol. The van der Waals surface area contributed by atoms with E-state index < -0.39 is 0 Å². The zero-order chi connectivity index (χ0) is 15.1. The van der Waals surface area contributed by atoms with Crippen LogP contribution < -0.4 is 9.47 Å². The Hall–Kier alpha value is -1.75. The molecule has 1 atom stereocenters. The summed E-state index contributed by atoms with van der Waals surface area (Å²) in [4.78, 5) is 14.1. The lowest BCUT2D eigenvalue weighted by Crippen LogP contribution is -2.42. The molecule has 0 aliphatic carbocycles. The summed E-state index contributed by atoms with van der Waals surface area (Å²) in [7, 11) is 1.58. The van der Waals surface area contributed by atoms with Crippen LogP contribution in [-0.4, -0.2) is 49.3 Å². The predicted molar refractivity (Wildman–Crippen MR) is 79.5 cm³/mol. The SMILES string of the molecule is COc1ccccc1OCC(=O)N1CCCC(CCO)C1. The number of benzene rings is 1. The van der Waals surface area contributed by atoms with E-state index in [1.807, 2.05) is 17.0 Å². The molecule has 0 aromatic heterocycles. The third-order valence-corrected chi connectivity index (χ3v) is 3.83. The van der Waals surface area contributed by atoms with Gasteiger partial charge in [-0.3, -0.25) is 4.79 Å². The number of carbonyl (C=O) groups is 1. The molecule has 5 heteroatoms. The van der Waals surface area contributed by atoms with Crippen molar-refractivity contribution in [3.8, 4) is 11.5 Å². The number of para-hydroxylation sites is 2. The molecule has 1 fully saturated rings. The van der Waals surface area contributed by atoms with Gasteiger partial charge >= 0.3 is 0 Å². The van der Waals surface area contributed by atoms with Crippen LogP contribution in [0.15, 0.2) is 24.3 Å². The quantitative estimate of drug-likeness (QED) is 0.867. The second-order valence-electron chi connectivity index (χ2n) is 5.30. The van der Waals surface area contributed by atoms with Crippen LogP contribution in [0.3, 0.4) is 0 Å². The lowest BCUT2D eigenvalue weighted by molar-refractivity contribution is -0.135. The zero-order valence-electron chi connectivity index (χ0n) is 12.5. The van der Waals surface area contributed by atoms with Gasteiger partial charge in [-0.15, -0.1) is 0 Å². The van der Waals surface area contributed by atoms with Crippen molar-refractivity contribution in [1.82, 2.24) is 4.90 Å². The van der Waals surface area contributed by atoms with Gasteiger partial charge in [-0.25, -0.2) is 0 Å². The Kier molecular flexibility index (Phi) is 5.87. The summed E-state index contributed by atoms with van der Waals surface area (Å²) < 4.78 is 10.8. The first kappa shape index (κ1) is 15.6. The number of carbonyl (C=O) groups excluding carboxylic acids is 1. The fourth-order valence-corrected chi connectivity index (χ4v) is 2.68. The van der Waals surface area contributed by atoms with Crippen LogP contribution in [0.2, 0.25) is 0 Å². The second kappa shape index (κ2) is 7.88. The molecule has 2 rings (SSSR count). The van der Waals surface area contributed by atoms with E-state index in [2.05, 4.69) is 0 Å². The molecule has 1 aromatic carbocycles. The standard InChI is InChI=1S/C16H23NO4/c1-20-14-6-2-3-7-15(14)21-12-16(19)17-9-4-5-13(11-17)8-10-18/h2-3,6-7,13,18H,4-5,8-12H2,1H3. The van der Waals surface area contributed by atoms with Crippen molar-refractivity contribution >= 4 is 5.91 Å². The molecule has 5 nitrogen and oxygen atoms in total. The summed E-state index contributed by atoms with van der Waals surface area (Å²) >= 11 is 0. The van der Waals surface area contributed by atoms with Crippen LogP contribution in [0.25, 0.3) is 0 Å². The minimum absolute atomic E-state index is 0.0106. The van der Waals surface area contributed by atoms with Gasteiger partial charge in [-0.2, -0.15) is 0 Å². The molecule has 1 aliphatic rings. The number of nitrogens with zero attached hydrogens (tertiary/aromatic N) is 1. The van der Waals surface area contributed by atoms with E-state index >= 15 is 0 Å². The van der Waals surface area contributed by atoms with E-state index in [0.717, 1.165) is 25.8 Å². The zero-order valence-corrected chi connectivity index (χ0v) is 12.5. The number of methoxy groups -OCH3 is 1. The van der Waals surface area contributed by atoms with Crippen molar-refractivity contribution in [3.63, 3.8) is 0 Å².